The van der Waals surface area contributed by atoms with Gasteiger partial charge < -0.3 is 19.9 Å². The summed E-state index contributed by atoms with van der Waals surface area (Å²) in [6, 6.07) is 13.4. The molecule has 0 spiro atoms. The number of alkyl halides is 2. The Hall–Kier alpha value is -2.22. The number of hydrogen-bond donors (Lipinski definition) is 2. The molecule has 1 saturated heterocycles. The van der Waals surface area contributed by atoms with Crippen LogP contribution >= 0.6 is 0 Å². The van der Waals surface area contributed by atoms with Gasteiger partial charge in [-0.05, 0) is 30.2 Å². The van der Waals surface area contributed by atoms with Crippen molar-refractivity contribution in [2.24, 2.45) is 0 Å². The maximum Gasteiger partial charge on any atom is 0.289 e. The minimum Gasteiger partial charge on any atom is -0.490 e. The lowest BCUT2D eigenvalue weighted by Crippen LogP contribution is -2.51. The summed E-state index contributed by atoms with van der Waals surface area (Å²) in [5, 5.41) is 12.5. The van der Waals surface area contributed by atoms with Gasteiger partial charge in [0.1, 0.15) is 19.3 Å². The molecule has 2 N–H and O–H groups in total. The van der Waals surface area contributed by atoms with E-state index in [0.717, 1.165) is 5.56 Å². The molecule has 3 rings (SSSR count). The van der Waals surface area contributed by atoms with E-state index < -0.39 is 18.6 Å². The van der Waals surface area contributed by atoms with Crippen molar-refractivity contribution in [3.63, 3.8) is 0 Å². The van der Waals surface area contributed by atoms with Crippen molar-refractivity contribution in [3.05, 3.63) is 59.7 Å². The third kappa shape index (κ3) is 5.44. The number of benzene rings is 2. The molecule has 2 aromatic carbocycles. The van der Waals surface area contributed by atoms with Crippen LogP contribution in [0.4, 0.5) is 8.78 Å². The van der Waals surface area contributed by atoms with Crippen molar-refractivity contribution in [3.8, 4) is 11.5 Å². The van der Waals surface area contributed by atoms with Gasteiger partial charge in [0.15, 0.2) is 11.5 Å². The fourth-order valence-electron chi connectivity index (χ4n) is 3.57. The molecule has 0 aliphatic carbocycles. The molecule has 0 unspecified atom stereocenters. The first kappa shape index (κ1) is 21.5. The van der Waals surface area contributed by atoms with Gasteiger partial charge in [-0.3, -0.25) is 4.90 Å². The van der Waals surface area contributed by atoms with Crippen LogP contribution in [-0.4, -0.2) is 55.3 Å². The van der Waals surface area contributed by atoms with Crippen molar-refractivity contribution in [1.82, 2.24) is 10.2 Å². The van der Waals surface area contributed by atoms with E-state index in [0.29, 0.717) is 56.5 Å². The monoisotopic (exact) mass is 406 g/mol. The molecule has 0 aromatic heterocycles. The van der Waals surface area contributed by atoms with Gasteiger partial charge in [0.25, 0.3) is 5.92 Å². The number of hydrogen-bond acceptors (Lipinski definition) is 5. The summed E-state index contributed by atoms with van der Waals surface area (Å²) in [5.74, 6) is -2.34. The molecule has 1 atom stereocenters. The number of halogens is 2. The highest BCUT2D eigenvalue weighted by Crippen LogP contribution is 2.40. The van der Waals surface area contributed by atoms with E-state index in [2.05, 4.69) is 5.32 Å². The molecule has 158 valence electrons. The van der Waals surface area contributed by atoms with Gasteiger partial charge in [0.2, 0.25) is 0 Å². The maximum atomic E-state index is 14.7. The van der Waals surface area contributed by atoms with Crippen LogP contribution in [0.3, 0.4) is 0 Å². The van der Waals surface area contributed by atoms with E-state index in [1.807, 2.05) is 37.3 Å². The van der Waals surface area contributed by atoms with Gasteiger partial charge in [-0.1, -0.05) is 36.4 Å². The Morgan fingerprint density at radius 2 is 1.79 bits per heavy atom. The summed E-state index contributed by atoms with van der Waals surface area (Å²) in [6.45, 7) is 3.60. The molecular weight excluding hydrogens is 378 g/mol. The predicted octanol–water partition coefficient (Wildman–Crippen LogP) is 3.24. The predicted molar refractivity (Wildman–Crippen MR) is 108 cm³/mol. The van der Waals surface area contributed by atoms with Crippen LogP contribution < -0.4 is 14.8 Å². The molecule has 1 aliphatic heterocycles. The second-order valence-electron chi connectivity index (χ2n) is 7.02. The van der Waals surface area contributed by atoms with E-state index in [4.69, 9.17) is 9.47 Å². The molecule has 0 saturated carbocycles. The fourth-order valence-corrected chi connectivity index (χ4v) is 3.57. The standard InChI is InChI=1S/C22H28F2N2O3/c1-2-28-20-14-18(8-9-19(20)29-15-17-6-4-3-5-7-17)21(22(23,24)16-27)26-12-10-25-11-13-26/h3-9,14,21,25,27H,2,10-13,15-16H2,1H3/t21-/m1/s1. The average molecular weight is 406 g/mol. The Kier molecular flexibility index (Phi) is 7.41. The molecule has 5 nitrogen and oxygen atoms in total. The Balaban J connectivity index is 1.87. The zero-order valence-corrected chi connectivity index (χ0v) is 16.6. The third-order valence-electron chi connectivity index (χ3n) is 4.95. The van der Waals surface area contributed by atoms with Gasteiger partial charge in [0, 0.05) is 26.2 Å². The summed E-state index contributed by atoms with van der Waals surface area (Å²) < 4.78 is 41.0. The molecule has 1 fully saturated rings. The minimum atomic E-state index is -3.27. The molecular formula is C22H28F2N2O3. The van der Waals surface area contributed by atoms with Crippen LogP contribution in [0.25, 0.3) is 0 Å². The molecule has 0 bridgehead atoms. The topological polar surface area (TPSA) is 54.0 Å². The molecule has 7 heteroatoms. The maximum absolute atomic E-state index is 14.7. The van der Waals surface area contributed by atoms with E-state index in [1.165, 1.54) is 0 Å². The van der Waals surface area contributed by atoms with Crippen molar-refractivity contribution >= 4 is 0 Å². The highest BCUT2D eigenvalue weighted by molar-refractivity contribution is 5.44. The zero-order chi connectivity index (χ0) is 20.7. The quantitative estimate of drug-likeness (QED) is 0.670. The molecule has 1 heterocycles. The summed E-state index contributed by atoms with van der Waals surface area (Å²) in [5.41, 5.74) is 1.41. The number of aliphatic hydroxyl groups excluding tert-OH is 1. The lowest BCUT2D eigenvalue weighted by atomic mass is 9.97. The van der Waals surface area contributed by atoms with Gasteiger partial charge >= 0.3 is 0 Å². The van der Waals surface area contributed by atoms with Gasteiger partial charge in [0.05, 0.1) is 6.61 Å². The first-order valence-corrected chi connectivity index (χ1v) is 9.92. The number of aliphatic hydroxyl groups is 1. The number of piperazine rings is 1. The van der Waals surface area contributed by atoms with Crippen molar-refractivity contribution < 1.29 is 23.4 Å². The SMILES string of the molecule is CCOc1cc([C@@H](N2CCNCC2)C(F)(F)CO)ccc1OCc1ccccc1. The van der Waals surface area contributed by atoms with E-state index >= 15 is 0 Å². The summed E-state index contributed by atoms with van der Waals surface area (Å²) in [4.78, 5) is 1.71. The number of rotatable bonds is 9. The normalized spacial score (nSPS) is 16.4. The summed E-state index contributed by atoms with van der Waals surface area (Å²) in [6.07, 6.45) is 0. The molecule has 0 amide bonds. The second-order valence-corrected chi connectivity index (χ2v) is 7.02. The van der Waals surface area contributed by atoms with Crippen LogP contribution in [0.2, 0.25) is 0 Å². The van der Waals surface area contributed by atoms with Crippen molar-refractivity contribution in [2.75, 3.05) is 39.4 Å². The Morgan fingerprint density at radius 1 is 1.07 bits per heavy atom. The Labute approximate surface area is 170 Å². The third-order valence-corrected chi connectivity index (χ3v) is 4.95. The second kappa shape index (κ2) is 10.0. The van der Waals surface area contributed by atoms with Crippen LogP contribution in [0.1, 0.15) is 24.1 Å². The number of nitrogens with zero attached hydrogens (tertiary/aromatic N) is 1. The largest absolute Gasteiger partial charge is 0.490 e. The van der Waals surface area contributed by atoms with Gasteiger partial charge in [-0.2, -0.15) is 0 Å². The Bertz CT molecular complexity index is 768. The van der Waals surface area contributed by atoms with Gasteiger partial charge in [-0.15, -0.1) is 0 Å². The van der Waals surface area contributed by atoms with Crippen LogP contribution in [0.15, 0.2) is 48.5 Å². The molecule has 29 heavy (non-hydrogen) atoms. The smallest absolute Gasteiger partial charge is 0.289 e. The number of nitrogens with one attached hydrogen (secondary N) is 1. The van der Waals surface area contributed by atoms with Crippen LogP contribution in [-0.2, 0) is 6.61 Å². The van der Waals surface area contributed by atoms with Crippen molar-refractivity contribution in [2.45, 2.75) is 25.5 Å². The highest BCUT2D eigenvalue weighted by atomic mass is 19.3. The molecule has 0 radical (unpaired) electrons. The van der Waals surface area contributed by atoms with Crippen LogP contribution in [0, 0.1) is 0 Å². The van der Waals surface area contributed by atoms with E-state index in [-0.39, 0.29) is 0 Å². The van der Waals surface area contributed by atoms with Crippen molar-refractivity contribution in [1.29, 1.82) is 0 Å². The lowest BCUT2D eigenvalue weighted by molar-refractivity contribution is -0.118. The molecule has 1 aliphatic rings. The lowest BCUT2D eigenvalue weighted by Gasteiger charge is -2.38. The zero-order valence-electron chi connectivity index (χ0n) is 16.6. The van der Waals surface area contributed by atoms with E-state index in [1.54, 1.807) is 23.1 Å². The van der Waals surface area contributed by atoms with Crippen LogP contribution in [0.5, 0.6) is 11.5 Å². The fraction of sp³-hybridized carbons (Fsp3) is 0.455. The Morgan fingerprint density at radius 3 is 2.45 bits per heavy atom. The average Bonchev–Trinajstić information content (AvgIpc) is 2.75. The first-order chi connectivity index (χ1) is 14.0. The summed E-state index contributed by atoms with van der Waals surface area (Å²) in [7, 11) is 0. The number of ether oxygens (including phenoxy) is 2. The van der Waals surface area contributed by atoms with E-state index in [9.17, 15) is 13.9 Å². The first-order valence-electron chi connectivity index (χ1n) is 9.92. The minimum absolute atomic E-state index is 0.355. The summed E-state index contributed by atoms with van der Waals surface area (Å²) >= 11 is 0. The molecule has 2 aromatic rings. The highest BCUT2D eigenvalue weighted by Gasteiger charge is 2.44. The van der Waals surface area contributed by atoms with Gasteiger partial charge in [-0.25, -0.2) is 8.78 Å².